The Morgan fingerprint density at radius 3 is 2.47 bits per heavy atom. The Morgan fingerprint density at radius 2 is 1.94 bits per heavy atom. The number of halogens is 2. The summed E-state index contributed by atoms with van der Waals surface area (Å²) in [6.45, 7) is 0. The predicted molar refractivity (Wildman–Crippen MR) is 50.4 cm³/mol. The second kappa shape index (κ2) is 3.82. The number of nitrogens with two attached hydrogens (primary N) is 1. The van der Waals surface area contributed by atoms with Crippen molar-refractivity contribution in [3.63, 3.8) is 0 Å². The van der Waals surface area contributed by atoms with E-state index in [0.29, 0.717) is 0 Å². The van der Waals surface area contributed by atoms with E-state index >= 15 is 0 Å². The zero-order chi connectivity index (χ0) is 12.6. The van der Waals surface area contributed by atoms with Gasteiger partial charge in [0.25, 0.3) is 0 Å². The van der Waals surface area contributed by atoms with E-state index in [4.69, 9.17) is 5.14 Å². The Morgan fingerprint density at radius 1 is 1.24 bits per heavy atom. The van der Waals surface area contributed by atoms with Crippen molar-refractivity contribution in [3.05, 3.63) is 30.1 Å². The second-order valence-corrected chi connectivity index (χ2v) is 4.54. The Kier molecular flexibility index (Phi) is 2.59. The standard InChI is InChI=1S/C7H5F2N5O2S/c8-6-4(14-3-11-12-13-14)1-2-5(7(6)9)17(10,15)16/h1-3H,(H2,10,15,16). The van der Waals surface area contributed by atoms with Crippen LogP contribution in [0.4, 0.5) is 8.78 Å². The zero-order valence-corrected chi connectivity index (χ0v) is 8.90. The summed E-state index contributed by atoms with van der Waals surface area (Å²) in [6.07, 6.45) is 1.04. The average Bonchev–Trinajstić information content (AvgIpc) is 2.73. The molecule has 10 heteroatoms. The van der Waals surface area contributed by atoms with E-state index < -0.39 is 26.6 Å². The van der Waals surface area contributed by atoms with Crippen molar-refractivity contribution in [1.82, 2.24) is 20.2 Å². The van der Waals surface area contributed by atoms with Crippen molar-refractivity contribution >= 4 is 10.0 Å². The molecule has 2 aromatic rings. The topological polar surface area (TPSA) is 104 Å². The first-order valence-corrected chi connectivity index (χ1v) is 5.70. The maximum atomic E-state index is 13.5. The third kappa shape index (κ3) is 1.99. The molecule has 17 heavy (non-hydrogen) atoms. The summed E-state index contributed by atoms with van der Waals surface area (Å²) < 4.78 is 49.7. The lowest BCUT2D eigenvalue weighted by molar-refractivity contribution is 0.478. The number of tetrazole rings is 1. The summed E-state index contributed by atoms with van der Waals surface area (Å²) in [4.78, 5) is -0.924. The molecule has 2 rings (SSSR count). The van der Waals surface area contributed by atoms with Crippen LogP contribution in [0.15, 0.2) is 23.4 Å². The fourth-order valence-electron chi connectivity index (χ4n) is 1.19. The molecule has 0 saturated heterocycles. The van der Waals surface area contributed by atoms with E-state index in [9.17, 15) is 17.2 Å². The number of benzene rings is 1. The number of sulfonamides is 1. The molecule has 7 nitrogen and oxygen atoms in total. The van der Waals surface area contributed by atoms with Gasteiger partial charge in [-0.2, -0.15) is 4.68 Å². The molecule has 1 aromatic heterocycles. The largest absolute Gasteiger partial charge is 0.241 e. The number of nitrogens with zero attached hydrogens (tertiary/aromatic N) is 4. The van der Waals surface area contributed by atoms with Gasteiger partial charge in [0.05, 0.1) is 0 Å². The highest BCUT2D eigenvalue weighted by atomic mass is 32.2. The lowest BCUT2D eigenvalue weighted by atomic mass is 10.3. The Hall–Kier alpha value is -1.94. The molecule has 0 unspecified atom stereocenters. The molecule has 0 aliphatic rings. The fraction of sp³-hybridized carbons (Fsp3) is 0. The van der Waals surface area contributed by atoms with Gasteiger partial charge in [-0.05, 0) is 22.6 Å². The van der Waals surface area contributed by atoms with Crippen molar-refractivity contribution in [2.75, 3.05) is 0 Å². The van der Waals surface area contributed by atoms with Crippen LogP contribution in [-0.2, 0) is 10.0 Å². The molecule has 90 valence electrons. The van der Waals surface area contributed by atoms with Gasteiger partial charge >= 0.3 is 0 Å². The van der Waals surface area contributed by atoms with Crippen LogP contribution in [0, 0.1) is 11.6 Å². The van der Waals surface area contributed by atoms with Gasteiger partial charge in [0.15, 0.2) is 11.6 Å². The van der Waals surface area contributed by atoms with Gasteiger partial charge in [0.2, 0.25) is 10.0 Å². The first-order valence-electron chi connectivity index (χ1n) is 4.15. The van der Waals surface area contributed by atoms with Gasteiger partial charge in [-0.25, -0.2) is 22.3 Å². The van der Waals surface area contributed by atoms with Crippen LogP contribution < -0.4 is 5.14 Å². The molecule has 0 spiro atoms. The van der Waals surface area contributed by atoms with Crippen molar-refractivity contribution in [1.29, 1.82) is 0 Å². The van der Waals surface area contributed by atoms with Crippen molar-refractivity contribution in [2.45, 2.75) is 4.90 Å². The fourth-order valence-corrected chi connectivity index (χ4v) is 1.79. The predicted octanol–water partition coefficient (Wildman–Crippen LogP) is -0.412. The highest BCUT2D eigenvalue weighted by Crippen LogP contribution is 2.21. The van der Waals surface area contributed by atoms with Crippen LogP contribution in [0.25, 0.3) is 5.69 Å². The Labute approximate surface area is 93.9 Å². The van der Waals surface area contributed by atoms with Gasteiger partial charge < -0.3 is 0 Å². The highest BCUT2D eigenvalue weighted by Gasteiger charge is 2.21. The summed E-state index contributed by atoms with van der Waals surface area (Å²) >= 11 is 0. The molecule has 0 fully saturated rings. The zero-order valence-electron chi connectivity index (χ0n) is 8.08. The number of primary sulfonamides is 1. The van der Waals surface area contributed by atoms with Crippen LogP contribution in [0.1, 0.15) is 0 Å². The Bertz CT molecular complexity index is 655. The molecule has 0 atom stereocenters. The number of rotatable bonds is 2. The molecule has 0 radical (unpaired) electrons. The first kappa shape index (κ1) is 11.5. The molecule has 0 aliphatic heterocycles. The van der Waals surface area contributed by atoms with Gasteiger partial charge in [0, 0.05) is 0 Å². The maximum Gasteiger partial charge on any atom is 0.241 e. The SMILES string of the molecule is NS(=O)(=O)c1ccc(-n2cnnn2)c(F)c1F. The Balaban J connectivity index is 2.66. The molecular formula is C7H5F2N5O2S. The van der Waals surface area contributed by atoms with Crippen LogP contribution in [-0.4, -0.2) is 28.6 Å². The van der Waals surface area contributed by atoms with Crippen LogP contribution in [0.2, 0.25) is 0 Å². The van der Waals surface area contributed by atoms with Crippen LogP contribution in [0.3, 0.4) is 0 Å². The smallest absolute Gasteiger partial charge is 0.225 e. The lowest BCUT2D eigenvalue weighted by Crippen LogP contribution is -2.16. The van der Waals surface area contributed by atoms with E-state index in [2.05, 4.69) is 15.5 Å². The molecule has 1 heterocycles. The van der Waals surface area contributed by atoms with Gasteiger partial charge in [-0.1, -0.05) is 0 Å². The van der Waals surface area contributed by atoms with Crippen molar-refractivity contribution < 1.29 is 17.2 Å². The van der Waals surface area contributed by atoms with Gasteiger partial charge in [-0.3, -0.25) is 0 Å². The van der Waals surface area contributed by atoms with E-state index in [-0.39, 0.29) is 5.69 Å². The normalized spacial score (nSPS) is 11.7. The molecule has 0 bridgehead atoms. The molecule has 0 aliphatic carbocycles. The summed E-state index contributed by atoms with van der Waals surface area (Å²) in [7, 11) is -4.32. The van der Waals surface area contributed by atoms with Crippen molar-refractivity contribution in [3.8, 4) is 5.69 Å². The third-order valence-corrected chi connectivity index (χ3v) is 2.86. The van der Waals surface area contributed by atoms with E-state index in [1.165, 1.54) is 0 Å². The summed E-state index contributed by atoms with van der Waals surface area (Å²) in [5.74, 6) is -2.97. The number of hydrogen-bond acceptors (Lipinski definition) is 5. The minimum atomic E-state index is -4.32. The van der Waals surface area contributed by atoms with Crippen LogP contribution >= 0.6 is 0 Å². The molecule has 1 aromatic carbocycles. The maximum absolute atomic E-state index is 13.5. The summed E-state index contributed by atoms with van der Waals surface area (Å²) in [6, 6.07) is 1.85. The van der Waals surface area contributed by atoms with Gasteiger partial charge in [-0.15, -0.1) is 5.10 Å². The molecular weight excluding hydrogens is 256 g/mol. The minimum Gasteiger partial charge on any atom is -0.225 e. The molecule has 2 N–H and O–H groups in total. The lowest BCUT2D eigenvalue weighted by Gasteiger charge is -2.05. The first-order chi connectivity index (χ1) is 7.91. The third-order valence-electron chi connectivity index (χ3n) is 1.93. The number of aromatic nitrogens is 4. The number of hydrogen-bond donors (Lipinski definition) is 1. The van der Waals surface area contributed by atoms with E-state index in [1.54, 1.807) is 0 Å². The highest BCUT2D eigenvalue weighted by molar-refractivity contribution is 7.89. The minimum absolute atomic E-state index is 0.320. The van der Waals surface area contributed by atoms with Gasteiger partial charge in [0.1, 0.15) is 16.9 Å². The van der Waals surface area contributed by atoms with E-state index in [0.717, 1.165) is 23.1 Å². The van der Waals surface area contributed by atoms with Crippen LogP contribution in [0.5, 0.6) is 0 Å². The quantitative estimate of drug-likeness (QED) is 0.791. The molecule has 0 saturated carbocycles. The second-order valence-electron chi connectivity index (χ2n) is 3.01. The summed E-state index contributed by atoms with van der Waals surface area (Å²) in [5, 5.41) is 14.5. The van der Waals surface area contributed by atoms with Crippen molar-refractivity contribution in [2.24, 2.45) is 5.14 Å². The van der Waals surface area contributed by atoms with E-state index in [1.807, 2.05) is 0 Å². The molecule has 0 amide bonds. The average molecular weight is 261 g/mol. The summed E-state index contributed by atoms with van der Waals surface area (Å²) in [5.41, 5.74) is -0.320. The monoisotopic (exact) mass is 261 g/mol.